The van der Waals surface area contributed by atoms with Crippen molar-refractivity contribution < 1.29 is 18.8 Å². The van der Waals surface area contributed by atoms with Gasteiger partial charge in [0, 0.05) is 17.0 Å². The van der Waals surface area contributed by atoms with Crippen molar-refractivity contribution >= 4 is 29.1 Å². The lowest BCUT2D eigenvalue weighted by Gasteiger charge is -2.20. The van der Waals surface area contributed by atoms with Crippen LogP contribution in [0.5, 0.6) is 0 Å². The molecule has 3 N–H and O–H groups in total. The molecule has 1 fully saturated rings. The molecule has 1 aromatic heterocycles. The van der Waals surface area contributed by atoms with E-state index < -0.39 is 17.4 Å². The number of nitrogens with one attached hydrogen (secondary N) is 3. The van der Waals surface area contributed by atoms with Gasteiger partial charge in [0.05, 0.1) is 11.6 Å². The normalized spacial score (nSPS) is 13.4. The first kappa shape index (κ1) is 23.1. The minimum atomic E-state index is -0.923. The Kier molecular flexibility index (Phi) is 6.70. The van der Waals surface area contributed by atoms with Gasteiger partial charge in [-0.05, 0) is 65.2 Å². The highest BCUT2D eigenvalue weighted by Gasteiger charge is 2.46. The predicted octanol–water partition coefficient (Wildman–Crippen LogP) is 3.23. The maximum atomic E-state index is 14.4. The molecule has 0 unspecified atom stereocenters. The largest absolute Gasteiger partial charge is 0.344 e. The Morgan fingerprint density at radius 2 is 1.79 bits per heavy atom. The number of benzene rings is 2. The van der Waals surface area contributed by atoms with Crippen LogP contribution in [0.1, 0.15) is 34.3 Å². The fourth-order valence-electron chi connectivity index (χ4n) is 3.70. The summed E-state index contributed by atoms with van der Waals surface area (Å²) < 4.78 is 14.4. The highest BCUT2D eigenvalue weighted by atomic mass is 32.1. The zero-order chi connectivity index (χ0) is 24.1. The van der Waals surface area contributed by atoms with Crippen LogP contribution in [0, 0.1) is 17.1 Å². The molecular weight excluding hydrogens is 455 g/mol. The molecule has 1 aliphatic carbocycles. The number of nitriles is 1. The Bertz CT molecular complexity index is 1280. The quantitative estimate of drug-likeness (QED) is 0.359. The maximum absolute atomic E-state index is 14.4. The van der Waals surface area contributed by atoms with Crippen LogP contribution in [0.4, 0.5) is 4.39 Å². The smallest absolute Gasteiger partial charge is 0.310 e. The summed E-state index contributed by atoms with van der Waals surface area (Å²) >= 11 is 1.52. The fraction of sp³-hybridized carbons (Fsp3) is 0.200. The van der Waals surface area contributed by atoms with Gasteiger partial charge in [-0.1, -0.05) is 24.3 Å². The summed E-state index contributed by atoms with van der Waals surface area (Å²) in [5.41, 5.74) is 1.70. The van der Waals surface area contributed by atoms with E-state index in [1.54, 1.807) is 30.3 Å². The van der Waals surface area contributed by atoms with Crippen molar-refractivity contribution in [3.8, 4) is 16.5 Å². The van der Waals surface area contributed by atoms with Gasteiger partial charge in [-0.15, -0.1) is 11.3 Å². The number of halogens is 1. The van der Waals surface area contributed by atoms with Gasteiger partial charge in [0.2, 0.25) is 0 Å². The SMILES string of the molecule is N#CCNC(=O)C(=O)NCc1ccccc1C(=O)NC1(c2cc(F)cc(-c3cccs3)c2)CC1. The van der Waals surface area contributed by atoms with E-state index in [0.29, 0.717) is 29.5 Å². The van der Waals surface area contributed by atoms with Crippen molar-refractivity contribution in [2.24, 2.45) is 0 Å². The Hall–Kier alpha value is -4.03. The number of nitrogens with zero attached hydrogens (tertiary/aromatic N) is 1. The van der Waals surface area contributed by atoms with E-state index in [-0.39, 0.29) is 24.8 Å². The van der Waals surface area contributed by atoms with Crippen molar-refractivity contribution in [1.29, 1.82) is 5.26 Å². The van der Waals surface area contributed by atoms with Gasteiger partial charge in [-0.3, -0.25) is 14.4 Å². The van der Waals surface area contributed by atoms with Crippen LogP contribution in [0.15, 0.2) is 60.0 Å². The van der Waals surface area contributed by atoms with Crippen molar-refractivity contribution in [3.63, 3.8) is 0 Å². The number of thiophene rings is 1. The predicted molar refractivity (Wildman–Crippen MR) is 125 cm³/mol. The Morgan fingerprint density at radius 1 is 1.03 bits per heavy atom. The molecule has 3 amide bonds. The van der Waals surface area contributed by atoms with Crippen LogP contribution in [-0.4, -0.2) is 24.3 Å². The van der Waals surface area contributed by atoms with Crippen LogP contribution in [0.3, 0.4) is 0 Å². The van der Waals surface area contributed by atoms with Gasteiger partial charge in [-0.2, -0.15) is 5.26 Å². The molecule has 1 aliphatic rings. The van der Waals surface area contributed by atoms with E-state index >= 15 is 0 Å². The van der Waals surface area contributed by atoms with Gasteiger partial charge in [0.25, 0.3) is 5.91 Å². The van der Waals surface area contributed by atoms with E-state index in [4.69, 9.17) is 5.26 Å². The van der Waals surface area contributed by atoms with Gasteiger partial charge < -0.3 is 16.0 Å². The number of carbonyl (C=O) groups is 3. The second kappa shape index (κ2) is 9.85. The molecule has 0 saturated heterocycles. The summed E-state index contributed by atoms with van der Waals surface area (Å²) in [7, 11) is 0. The molecule has 1 saturated carbocycles. The first-order valence-electron chi connectivity index (χ1n) is 10.6. The molecule has 7 nitrogen and oxygen atoms in total. The number of amides is 3. The molecule has 1 heterocycles. The van der Waals surface area contributed by atoms with E-state index in [1.165, 1.54) is 23.5 Å². The zero-order valence-corrected chi connectivity index (χ0v) is 18.9. The first-order chi connectivity index (χ1) is 16.4. The molecule has 172 valence electrons. The highest BCUT2D eigenvalue weighted by Crippen LogP contribution is 2.47. The molecule has 2 aromatic carbocycles. The summed E-state index contributed by atoms with van der Waals surface area (Å²) in [6.07, 6.45) is 1.37. The lowest BCUT2D eigenvalue weighted by atomic mass is 9.99. The lowest BCUT2D eigenvalue weighted by molar-refractivity contribution is -0.139. The number of hydrogen-bond acceptors (Lipinski definition) is 5. The zero-order valence-electron chi connectivity index (χ0n) is 18.1. The van der Waals surface area contributed by atoms with E-state index in [1.807, 2.05) is 23.6 Å². The molecule has 0 atom stereocenters. The second-order valence-electron chi connectivity index (χ2n) is 7.92. The van der Waals surface area contributed by atoms with Gasteiger partial charge in [0.1, 0.15) is 12.4 Å². The molecule has 9 heteroatoms. The van der Waals surface area contributed by atoms with Crippen molar-refractivity contribution in [2.45, 2.75) is 24.9 Å². The average Bonchev–Trinajstić information content (AvgIpc) is 3.40. The van der Waals surface area contributed by atoms with Gasteiger partial charge in [0.15, 0.2) is 0 Å². The Balaban J connectivity index is 1.49. The van der Waals surface area contributed by atoms with Crippen molar-refractivity contribution in [2.75, 3.05) is 6.54 Å². The van der Waals surface area contributed by atoms with Crippen molar-refractivity contribution in [3.05, 3.63) is 82.5 Å². The van der Waals surface area contributed by atoms with Crippen molar-refractivity contribution in [1.82, 2.24) is 16.0 Å². The third-order valence-corrected chi connectivity index (χ3v) is 6.51. The molecule has 0 aliphatic heterocycles. The van der Waals surface area contributed by atoms with Crippen LogP contribution in [-0.2, 0) is 21.7 Å². The second-order valence-corrected chi connectivity index (χ2v) is 8.87. The monoisotopic (exact) mass is 476 g/mol. The molecule has 34 heavy (non-hydrogen) atoms. The van der Waals surface area contributed by atoms with Crippen LogP contribution in [0.2, 0.25) is 0 Å². The van der Waals surface area contributed by atoms with Gasteiger partial charge in [-0.25, -0.2) is 4.39 Å². The molecule has 0 bridgehead atoms. The topological polar surface area (TPSA) is 111 Å². The Morgan fingerprint density at radius 3 is 2.50 bits per heavy atom. The van der Waals surface area contributed by atoms with Crippen LogP contribution < -0.4 is 16.0 Å². The minimum Gasteiger partial charge on any atom is -0.344 e. The number of rotatable bonds is 7. The Labute approximate surface area is 199 Å². The number of carbonyl (C=O) groups excluding carboxylic acids is 3. The van der Waals surface area contributed by atoms with E-state index in [0.717, 1.165) is 10.4 Å². The third-order valence-electron chi connectivity index (χ3n) is 5.59. The fourth-order valence-corrected chi connectivity index (χ4v) is 4.41. The van der Waals surface area contributed by atoms with E-state index in [9.17, 15) is 18.8 Å². The third kappa shape index (κ3) is 5.13. The maximum Gasteiger partial charge on any atom is 0.310 e. The standard InChI is InChI=1S/C25H21FN4O3S/c26-19-13-17(21-6-3-11-34-21)12-18(14-19)25(7-8-25)30-22(31)20-5-2-1-4-16(20)15-29-24(33)23(32)28-10-9-27/h1-6,11-14H,7-8,10,15H2,(H,28,32)(H,29,33)(H,30,31). The summed E-state index contributed by atoms with van der Waals surface area (Å²) in [5, 5.41) is 18.1. The summed E-state index contributed by atoms with van der Waals surface area (Å²) in [5.74, 6) is -2.53. The summed E-state index contributed by atoms with van der Waals surface area (Å²) in [4.78, 5) is 37.7. The first-order valence-corrected chi connectivity index (χ1v) is 11.5. The van der Waals surface area contributed by atoms with Gasteiger partial charge >= 0.3 is 11.8 Å². The van der Waals surface area contributed by atoms with E-state index in [2.05, 4.69) is 16.0 Å². The minimum absolute atomic E-state index is 0.0438. The average molecular weight is 477 g/mol. The lowest BCUT2D eigenvalue weighted by Crippen LogP contribution is -2.40. The van der Waals surface area contributed by atoms with Crippen LogP contribution in [0.25, 0.3) is 10.4 Å². The molecule has 0 spiro atoms. The molecular formula is C25H21FN4O3S. The van der Waals surface area contributed by atoms with Crippen LogP contribution >= 0.6 is 11.3 Å². The number of hydrogen-bond donors (Lipinski definition) is 3. The molecule has 4 rings (SSSR count). The summed E-state index contributed by atoms with van der Waals surface area (Å²) in [6, 6.07) is 17.1. The molecule has 3 aromatic rings. The molecule has 0 radical (unpaired) electrons. The summed E-state index contributed by atoms with van der Waals surface area (Å²) in [6.45, 7) is -0.320. The highest BCUT2D eigenvalue weighted by molar-refractivity contribution is 7.13.